The Bertz CT molecular complexity index is 445. The number of hydrogen-bond acceptors (Lipinski definition) is 1. The van der Waals surface area contributed by atoms with Gasteiger partial charge in [-0.3, -0.25) is 4.79 Å². The molecule has 1 aromatic carbocycles. The Hall–Kier alpha value is -1.83. The highest BCUT2D eigenvalue weighted by molar-refractivity contribution is 5.72. The third-order valence-electron chi connectivity index (χ3n) is 2.62. The van der Waals surface area contributed by atoms with Crippen LogP contribution >= 0.6 is 0 Å². The van der Waals surface area contributed by atoms with Crippen molar-refractivity contribution >= 4 is 6.29 Å². The number of benzene rings is 1. The molecule has 1 N–H and O–H groups in total. The molecule has 1 unspecified atom stereocenters. The molecule has 0 aliphatic carbocycles. The summed E-state index contributed by atoms with van der Waals surface area (Å²) >= 11 is 0. The van der Waals surface area contributed by atoms with Gasteiger partial charge in [0.1, 0.15) is 0 Å². The number of carbonyl (C=O) groups is 1. The topological polar surface area (TPSA) is 32.9 Å². The molecule has 76 valence electrons. The summed E-state index contributed by atoms with van der Waals surface area (Å²) in [5.41, 5.74) is 2.95. The summed E-state index contributed by atoms with van der Waals surface area (Å²) in [5, 5.41) is 0. The minimum Gasteiger partial charge on any atom is -0.356 e. The van der Waals surface area contributed by atoms with Crippen molar-refractivity contribution in [1.82, 2.24) is 4.98 Å². The van der Waals surface area contributed by atoms with Gasteiger partial charge in [-0.2, -0.15) is 0 Å². The van der Waals surface area contributed by atoms with Gasteiger partial charge in [0.2, 0.25) is 0 Å². The van der Waals surface area contributed by atoms with E-state index >= 15 is 0 Å². The van der Waals surface area contributed by atoms with Crippen LogP contribution in [-0.2, 0) is 0 Å². The zero-order chi connectivity index (χ0) is 10.7. The minimum atomic E-state index is 0.292. The van der Waals surface area contributed by atoms with Crippen LogP contribution in [0.4, 0.5) is 0 Å². The Labute approximate surface area is 89.0 Å². The molecule has 0 saturated heterocycles. The molecule has 0 fully saturated rings. The molecule has 2 heteroatoms. The molecule has 1 aromatic heterocycles. The predicted octanol–water partition coefficient (Wildman–Crippen LogP) is 2.98. The molecule has 0 amide bonds. The Kier molecular flexibility index (Phi) is 2.68. The lowest BCUT2D eigenvalue weighted by Crippen LogP contribution is -1.96. The van der Waals surface area contributed by atoms with Gasteiger partial charge in [-0.25, -0.2) is 0 Å². The number of nitrogens with one attached hydrogen (secondary N) is 1. The molecule has 0 radical (unpaired) electrons. The summed E-state index contributed by atoms with van der Waals surface area (Å²) in [6.45, 7) is 2.12. The number of aromatic amines is 1. The highest BCUT2D eigenvalue weighted by Gasteiger charge is 2.09. The van der Waals surface area contributed by atoms with Crippen LogP contribution in [0.1, 0.15) is 34.6 Å². The maximum atomic E-state index is 10.5. The molecule has 0 saturated carbocycles. The van der Waals surface area contributed by atoms with Gasteiger partial charge in [0.05, 0.1) is 5.69 Å². The first-order chi connectivity index (χ1) is 7.31. The van der Waals surface area contributed by atoms with Crippen LogP contribution in [0.5, 0.6) is 0 Å². The zero-order valence-electron chi connectivity index (χ0n) is 8.60. The molecule has 0 spiro atoms. The summed E-state index contributed by atoms with van der Waals surface area (Å²) in [4.78, 5) is 13.6. The fraction of sp³-hybridized carbons (Fsp3) is 0.154. The summed E-state index contributed by atoms with van der Waals surface area (Å²) in [6, 6.07) is 14.0. The number of hydrogen-bond donors (Lipinski definition) is 1. The molecule has 15 heavy (non-hydrogen) atoms. The van der Waals surface area contributed by atoms with Gasteiger partial charge in [-0.15, -0.1) is 0 Å². The molecule has 0 bridgehead atoms. The van der Waals surface area contributed by atoms with E-state index in [-0.39, 0.29) is 0 Å². The smallest absolute Gasteiger partial charge is 0.166 e. The molecular formula is C13H13NO. The van der Waals surface area contributed by atoms with Gasteiger partial charge < -0.3 is 4.98 Å². The van der Waals surface area contributed by atoms with Gasteiger partial charge in [0.15, 0.2) is 6.29 Å². The van der Waals surface area contributed by atoms with E-state index in [9.17, 15) is 4.79 Å². The Morgan fingerprint density at radius 1 is 1.13 bits per heavy atom. The molecule has 1 heterocycles. The van der Waals surface area contributed by atoms with E-state index in [1.807, 2.05) is 30.3 Å². The van der Waals surface area contributed by atoms with Crippen LogP contribution in [0.25, 0.3) is 0 Å². The highest BCUT2D eigenvalue weighted by Crippen LogP contribution is 2.22. The van der Waals surface area contributed by atoms with Crippen LogP contribution in [0.15, 0.2) is 42.5 Å². The van der Waals surface area contributed by atoms with E-state index in [1.54, 1.807) is 0 Å². The first-order valence-corrected chi connectivity index (χ1v) is 5.00. The highest BCUT2D eigenvalue weighted by atomic mass is 16.1. The standard InChI is InChI=1S/C13H13NO/c1-10(11-5-3-2-4-6-11)13-8-7-12(9-15)14-13/h2-10,14H,1H3. The molecule has 1 atom stereocenters. The van der Waals surface area contributed by atoms with Crippen molar-refractivity contribution in [2.75, 3.05) is 0 Å². The predicted molar refractivity (Wildman–Crippen MR) is 60.1 cm³/mol. The van der Waals surface area contributed by atoms with Crippen LogP contribution in [0.2, 0.25) is 0 Å². The average molecular weight is 199 g/mol. The molecule has 2 rings (SSSR count). The summed E-state index contributed by atoms with van der Waals surface area (Å²) in [6.07, 6.45) is 0.835. The van der Waals surface area contributed by atoms with Gasteiger partial charge in [-0.1, -0.05) is 37.3 Å². The fourth-order valence-corrected chi connectivity index (χ4v) is 1.67. The second kappa shape index (κ2) is 4.13. The maximum Gasteiger partial charge on any atom is 0.166 e. The normalized spacial score (nSPS) is 12.3. The monoisotopic (exact) mass is 199 g/mol. The summed E-state index contributed by atoms with van der Waals surface area (Å²) < 4.78 is 0. The van der Waals surface area contributed by atoms with Gasteiger partial charge in [0, 0.05) is 11.6 Å². The van der Waals surface area contributed by atoms with Crippen LogP contribution in [0.3, 0.4) is 0 Å². The first kappa shape index (κ1) is 9.71. The minimum absolute atomic E-state index is 0.292. The number of rotatable bonds is 3. The van der Waals surface area contributed by atoms with Crippen molar-refractivity contribution in [2.45, 2.75) is 12.8 Å². The zero-order valence-corrected chi connectivity index (χ0v) is 8.60. The van der Waals surface area contributed by atoms with Crippen LogP contribution < -0.4 is 0 Å². The van der Waals surface area contributed by atoms with E-state index in [4.69, 9.17) is 0 Å². The maximum absolute atomic E-state index is 10.5. The second-order valence-corrected chi connectivity index (χ2v) is 3.62. The third kappa shape index (κ3) is 1.99. The quantitative estimate of drug-likeness (QED) is 0.757. The molecule has 0 aliphatic rings. The van der Waals surface area contributed by atoms with Gasteiger partial charge in [0.25, 0.3) is 0 Å². The van der Waals surface area contributed by atoms with E-state index < -0.39 is 0 Å². The van der Waals surface area contributed by atoms with Crippen molar-refractivity contribution < 1.29 is 4.79 Å². The average Bonchev–Trinajstić information content (AvgIpc) is 2.78. The Balaban J connectivity index is 2.28. The number of aromatic nitrogens is 1. The van der Waals surface area contributed by atoms with E-state index in [0.717, 1.165) is 12.0 Å². The van der Waals surface area contributed by atoms with Crippen LogP contribution in [0, 0.1) is 0 Å². The molecule has 2 aromatic rings. The van der Waals surface area contributed by atoms with E-state index in [0.29, 0.717) is 11.6 Å². The lowest BCUT2D eigenvalue weighted by atomic mass is 9.98. The van der Waals surface area contributed by atoms with Crippen molar-refractivity contribution in [1.29, 1.82) is 0 Å². The summed E-state index contributed by atoms with van der Waals surface area (Å²) in [7, 11) is 0. The van der Waals surface area contributed by atoms with Gasteiger partial charge >= 0.3 is 0 Å². The number of carbonyl (C=O) groups excluding carboxylic acids is 1. The Morgan fingerprint density at radius 2 is 1.87 bits per heavy atom. The first-order valence-electron chi connectivity index (χ1n) is 5.00. The molecular weight excluding hydrogens is 186 g/mol. The van der Waals surface area contributed by atoms with Crippen molar-refractivity contribution in [3.8, 4) is 0 Å². The molecule has 2 nitrogen and oxygen atoms in total. The largest absolute Gasteiger partial charge is 0.356 e. The van der Waals surface area contributed by atoms with Crippen molar-refractivity contribution in [3.63, 3.8) is 0 Å². The summed E-state index contributed by atoms with van der Waals surface area (Å²) in [5.74, 6) is 0.292. The van der Waals surface area contributed by atoms with E-state index in [1.165, 1.54) is 5.56 Å². The lowest BCUT2D eigenvalue weighted by molar-refractivity contribution is 0.111. The van der Waals surface area contributed by atoms with Crippen molar-refractivity contribution in [2.24, 2.45) is 0 Å². The SMILES string of the molecule is CC(c1ccccc1)c1ccc(C=O)[nH]1. The Morgan fingerprint density at radius 3 is 2.47 bits per heavy atom. The third-order valence-corrected chi connectivity index (χ3v) is 2.62. The van der Waals surface area contributed by atoms with Crippen LogP contribution in [-0.4, -0.2) is 11.3 Å². The number of aldehydes is 1. The van der Waals surface area contributed by atoms with Gasteiger partial charge in [-0.05, 0) is 17.7 Å². The fourth-order valence-electron chi connectivity index (χ4n) is 1.67. The second-order valence-electron chi connectivity index (χ2n) is 3.62. The lowest BCUT2D eigenvalue weighted by Gasteiger charge is -2.09. The van der Waals surface area contributed by atoms with E-state index in [2.05, 4.69) is 24.0 Å². The number of H-pyrrole nitrogens is 1. The van der Waals surface area contributed by atoms with Crippen molar-refractivity contribution in [3.05, 3.63) is 59.4 Å². The molecule has 0 aliphatic heterocycles.